The molecule has 3 aromatic carbocycles. The van der Waals surface area contributed by atoms with Crippen LogP contribution < -0.4 is 16.2 Å². The number of amides is 3. The summed E-state index contributed by atoms with van der Waals surface area (Å²) in [6, 6.07) is 25.5. The molecule has 4 rings (SSSR count). The van der Waals surface area contributed by atoms with Gasteiger partial charge in [-0.3, -0.25) is 25.2 Å². The Balaban J connectivity index is 1.36. The Kier molecular flexibility index (Phi) is 7.71. The number of rotatable bonds is 6. The van der Waals surface area contributed by atoms with E-state index in [1.54, 1.807) is 24.3 Å². The molecule has 0 aliphatic heterocycles. The second-order valence-electron chi connectivity index (χ2n) is 8.60. The summed E-state index contributed by atoms with van der Waals surface area (Å²) >= 11 is 0. The molecule has 3 aromatic rings. The van der Waals surface area contributed by atoms with Crippen molar-refractivity contribution in [3.8, 4) is 0 Å². The Morgan fingerprint density at radius 2 is 1.24 bits per heavy atom. The van der Waals surface area contributed by atoms with Gasteiger partial charge in [0.25, 0.3) is 5.91 Å². The van der Waals surface area contributed by atoms with E-state index in [1.165, 1.54) is 6.42 Å². The Labute approximate surface area is 199 Å². The molecule has 1 saturated carbocycles. The van der Waals surface area contributed by atoms with Gasteiger partial charge in [0, 0.05) is 17.2 Å². The van der Waals surface area contributed by atoms with E-state index < -0.39 is 11.8 Å². The molecule has 0 spiro atoms. The zero-order valence-electron chi connectivity index (χ0n) is 19.0. The molecule has 3 N–H and O–H groups in total. The summed E-state index contributed by atoms with van der Waals surface area (Å²) in [5.41, 5.74) is 7.77. The van der Waals surface area contributed by atoms with Crippen LogP contribution in [0.15, 0.2) is 84.9 Å². The summed E-state index contributed by atoms with van der Waals surface area (Å²) in [6.45, 7) is 0. The third-order valence-electron chi connectivity index (χ3n) is 6.22. The van der Waals surface area contributed by atoms with Crippen LogP contribution in [0.25, 0.3) is 0 Å². The highest BCUT2D eigenvalue weighted by Gasteiger charge is 2.23. The fraction of sp³-hybridized carbons (Fsp3) is 0.250. The van der Waals surface area contributed by atoms with Crippen LogP contribution in [-0.4, -0.2) is 17.7 Å². The third kappa shape index (κ3) is 5.90. The molecule has 0 aromatic heterocycles. The first kappa shape index (κ1) is 23.2. The van der Waals surface area contributed by atoms with Crippen LogP contribution in [-0.2, 0) is 9.59 Å². The molecule has 0 atom stereocenters. The molecule has 0 radical (unpaired) electrons. The van der Waals surface area contributed by atoms with Crippen molar-refractivity contribution in [3.05, 3.63) is 102 Å². The van der Waals surface area contributed by atoms with Crippen LogP contribution in [0, 0.1) is 5.92 Å². The zero-order valence-corrected chi connectivity index (χ0v) is 19.0. The summed E-state index contributed by atoms with van der Waals surface area (Å²) in [6.07, 6.45) is 5.25. The largest absolute Gasteiger partial charge is 0.326 e. The van der Waals surface area contributed by atoms with E-state index in [4.69, 9.17) is 0 Å². The van der Waals surface area contributed by atoms with E-state index >= 15 is 0 Å². The third-order valence-corrected chi connectivity index (χ3v) is 6.22. The van der Waals surface area contributed by atoms with Crippen molar-refractivity contribution in [2.24, 2.45) is 5.92 Å². The predicted octanol–water partition coefficient (Wildman–Crippen LogP) is 4.80. The van der Waals surface area contributed by atoms with Crippen molar-refractivity contribution in [1.29, 1.82) is 0 Å². The molecule has 174 valence electrons. The number of hydrazine groups is 1. The van der Waals surface area contributed by atoms with Gasteiger partial charge in [0.1, 0.15) is 0 Å². The summed E-state index contributed by atoms with van der Waals surface area (Å²) in [5.74, 6) is -1.22. The minimum absolute atomic E-state index is 0.0389. The molecule has 1 aliphatic carbocycles. The van der Waals surface area contributed by atoms with Crippen molar-refractivity contribution < 1.29 is 14.4 Å². The molecule has 0 heterocycles. The normalized spacial score (nSPS) is 13.8. The number of benzene rings is 3. The second-order valence-corrected chi connectivity index (χ2v) is 8.60. The topological polar surface area (TPSA) is 87.3 Å². The van der Waals surface area contributed by atoms with Gasteiger partial charge in [-0.1, -0.05) is 79.9 Å². The Hall–Kier alpha value is -3.93. The van der Waals surface area contributed by atoms with Gasteiger partial charge in [-0.25, -0.2) is 0 Å². The number of hydrogen-bond donors (Lipinski definition) is 3. The number of nitrogens with one attached hydrogen (secondary N) is 3. The summed E-state index contributed by atoms with van der Waals surface area (Å²) in [4.78, 5) is 38.1. The van der Waals surface area contributed by atoms with Crippen molar-refractivity contribution in [2.75, 3.05) is 5.32 Å². The lowest BCUT2D eigenvalue weighted by molar-refractivity contribution is -0.122. The SMILES string of the molecule is O=C(NNC(=O)C(c1ccccc1)c1ccccc1)c1ccc(NC(=O)C2CCCCC2)cc1. The van der Waals surface area contributed by atoms with E-state index in [2.05, 4.69) is 16.2 Å². The second kappa shape index (κ2) is 11.3. The maximum absolute atomic E-state index is 13.0. The fourth-order valence-corrected chi connectivity index (χ4v) is 4.36. The van der Waals surface area contributed by atoms with E-state index in [1.807, 2.05) is 60.7 Å². The lowest BCUT2D eigenvalue weighted by Gasteiger charge is -2.20. The Morgan fingerprint density at radius 3 is 1.79 bits per heavy atom. The zero-order chi connectivity index (χ0) is 23.8. The molecular formula is C28H29N3O3. The molecule has 0 unspecified atom stereocenters. The first-order valence-corrected chi connectivity index (χ1v) is 11.7. The number of carbonyl (C=O) groups is 3. The summed E-state index contributed by atoms with van der Waals surface area (Å²) in [5, 5.41) is 2.94. The molecule has 6 nitrogen and oxygen atoms in total. The van der Waals surface area contributed by atoms with Gasteiger partial charge in [0.05, 0.1) is 5.92 Å². The van der Waals surface area contributed by atoms with Gasteiger partial charge >= 0.3 is 0 Å². The van der Waals surface area contributed by atoms with Crippen LogP contribution >= 0.6 is 0 Å². The van der Waals surface area contributed by atoms with Crippen LogP contribution in [0.3, 0.4) is 0 Å². The van der Waals surface area contributed by atoms with Crippen LogP contribution in [0.4, 0.5) is 5.69 Å². The van der Waals surface area contributed by atoms with Crippen molar-refractivity contribution >= 4 is 23.4 Å². The fourth-order valence-electron chi connectivity index (χ4n) is 4.36. The predicted molar refractivity (Wildman–Crippen MR) is 132 cm³/mol. The van der Waals surface area contributed by atoms with E-state index in [-0.39, 0.29) is 17.7 Å². The van der Waals surface area contributed by atoms with Gasteiger partial charge < -0.3 is 5.32 Å². The number of carbonyl (C=O) groups excluding carboxylic acids is 3. The maximum atomic E-state index is 13.0. The Bertz CT molecular complexity index is 1070. The summed E-state index contributed by atoms with van der Waals surface area (Å²) in [7, 11) is 0. The average Bonchev–Trinajstić information content (AvgIpc) is 2.89. The first-order chi connectivity index (χ1) is 16.6. The molecule has 6 heteroatoms. The molecule has 3 amide bonds. The molecular weight excluding hydrogens is 426 g/mol. The van der Waals surface area contributed by atoms with Crippen LogP contribution in [0.5, 0.6) is 0 Å². The van der Waals surface area contributed by atoms with Gasteiger partial charge in [-0.15, -0.1) is 0 Å². The first-order valence-electron chi connectivity index (χ1n) is 11.7. The maximum Gasteiger partial charge on any atom is 0.269 e. The van der Waals surface area contributed by atoms with Gasteiger partial charge in [-0.05, 0) is 48.2 Å². The lowest BCUT2D eigenvalue weighted by Crippen LogP contribution is -2.44. The monoisotopic (exact) mass is 455 g/mol. The van der Waals surface area contributed by atoms with E-state index in [9.17, 15) is 14.4 Å². The summed E-state index contributed by atoms with van der Waals surface area (Å²) < 4.78 is 0. The van der Waals surface area contributed by atoms with Gasteiger partial charge in [0.2, 0.25) is 11.8 Å². The standard InChI is InChI=1S/C28H29N3O3/c32-26(22-14-8-3-9-15-22)29-24-18-16-23(17-19-24)27(33)30-31-28(34)25(20-10-4-1-5-11-20)21-12-6-2-7-13-21/h1-2,4-7,10-13,16-19,22,25H,3,8-9,14-15H2,(H,29,32)(H,30,33)(H,31,34). The molecule has 34 heavy (non-hydrogen) atoms. The quantitative estimate of drug-likeness (QED) is 0.467. The number of hydrogen-bond acceptors (Lipinski definition) is 3. The Morgan fingerprint density at radius 1 is 0.676 bits per heavy atom. The van der Waals surface area contributed by atoms with E-state index in [0.29, 0.717) is 11.3 Å². The van der Waals surface area contributed by atoms with Crippen molar-refractivity contribution in [3.63, 3.8) is 0 Å². The highest BCUT2D eigenvalue weighted by molar-refractivity contribution is 5.98. The minimum Gasteiger partial charge on any atom is -0.326 e. The van der Waals surface area contributed by atoms with Crippen molar-refractivity contribution in [2.45, 2.75) is 38.0 Å². The van der Waals surface area contributed by atoms with Crippen LogP contribution in [0.2, 0.25) is 0 Å². The molecule has 1 fully saturated rings. The van der Waals surface area contributed by atoms with E-state index in [0.717, 1.165) is 36.8 Å². The molecule has 1 aliphatic rings. The van der Waals surface area contributed by atoms with Gasteiger partial charge in [0.15, 0.2) is 0 Å². The number of anilines is 1. The smallest absolute Gasteiger partial charge is 0.269 e. The van der Waals surface area contributed by atoms with Crippen LogP contribution in [0.1, 0.15) is 59.5 Å². The van der Waals surface area contributed by atoms with Gasteiger partial charge in [-0.2, -0.15) is 0 Å². The lowest BCUT2D eigenvalue weighted by atomic mass is 9.88. The van der Waals surface area contributed by atoms with Crippen molar-refractivity contribution in [1.82, 2.24) is 10.9 Å². The molecule has 0 saturated heterocycles. The molecule has 0 bridgehead atoms. The average molecular weight is 456 g/mol. The minimum atomic E-state index is -0.555. The highest BCUT2D eigenvalue weighted by atomic mass is 16.2. The highest BCUT2D eigenvalue weighted by Crippen LogP contribution is 2.26.